The van der Waals surface area contributed by atoms with Crippen molar-refractivity contribution in [3.05, 3.63) is 83.0 Å². The lowest BCUT2D eigenvalue weighted by atomic mass is 9.99. The molecule has 35 heavy (non-hydrogen) atoms. The van der Waals surface area contributed by atoms with Gasteiger partial charge in [-0.25, -0.2) is 9.67 Å². The lowest BCUT2D eigenvalue weighted by molar-refractivity contribution is -0.126. The normalized spacial score (nSPS) is 11.8. The van der Waals surface area contributed by atoms with Gasteiger partial charge in [-0.05, 0) is 49.1 Å². The number of aryl methyl sites for hydroxylation is 3. The molecule has 2 N–H and O–H groups in total. The first-order valence-corrected chi connectivity index (χ1v) is 11.5. The van der Waals surface area contributed by atoms with Gasteiger partial charge in [0.15, 0.2) is 5.65 Å². The standard InChI is InChI=1S/C27H29N5O3/c1-17-21(18(2)28-25-23(17)27(35-4)31-32(25)3)15-16-22(33)30-24(19-11-7-5-8-12-19)26(34)29-20-13-9-6-10-14-20/h5-14,24H,15-16H2,1-4H3,(H,29,34)(H,30,33). The van der Waals surface area contributed by atoms with Gasteiger partial charge in [-0.2, -0.15) is 0 Å². The van der Waals surface area contributed by atoms with E-state index in [0.29, 0.717) is 23.6 Å². The third-order valence-electron chi connectivity index (χ3n) is 6.06. The number of pyridine rings is 1. The van der Waals surface area contributed by atoms with Crippen molar-refractivity contribution in [2.75, 3.05) is 12.4 Å². The molecule has 2 aromatic carbocycles. The van der Waals surface area contributed by atoms with Gasteiger partial charge in [0.25, 0.3) is 5.91 Å². The van der Waals surface area contributed by atoms with Crippen LogP contribution >= 0.6 is 0 Å². The van der Waals surface area contributed by atoms with Gasteiger partial charge in [0.2, 0.25) is 11.8 Å². The zero-order valence-corrected chi connectivity index (χ0v) is 20.3. The quantitative estimate of drug-likeness (QED) is 0.404. The molecule has 1 atom stereocenters. The Morgan fingerprint density at radius 2 is 1.69 bits per heavy atom. The molecule has 0 fully saturated rings. The highest BCUT2D eigenvalue weighted by Gasteiger charge is 2.24. The van der Waals surface area contributed by atoms with Crippen molar-refractivity contribution in [1.82, 2.24) is 20.1 Å². The maximum Gasteiger partial charge on any atom is 0.251 e. The summed E-state index contributed by atoms with van der Waals surface area (Å²) in [7, 11) is 3.41. The van der Waals surface area contributed by atoms with E-state index in [1.165, 1.54) is 0 Å². The smallest absolute Gasteiger partial charge is 0.251 e. The maximum absolute atomic E-state index is 13.1. The SMILES string of the molecule is COc1nn(C)c2nc(C)c(CCC(=O)NC(C(=O)Nc3ccccc3)c3ccccc3)c(C)c12. The fourth-order valence-corrected chi connectivity index (χ4v) is 4.26. The molecule has 0 radical (unpaired) electrons. The van der Waals surface area contributed by atoms with Crippen LogP contribution in [0.4, 0.5) is 5.69 Å². The average Bonchev–Trinajstić information content (AvgIpc) is 3.18. The highest BCUT2D eigenvalue weighted by atomic mass is 16.5. The number of carbonyl (C=O) groups is 2. The van der Waals surface area contributed by atoms with Crippen LogP contribution in [0.3, 0.4) is 0 Å². The zero-order chi connectivity index (χ0) is 24.9. The van der Waals surface area contributed by atoms with Crippen LogP contribution in [0.5, 0.6) is 5.88 Å². The molecule has 8 heteroatoms. The summed E-state index contributed by atoms with van der Waals surface area (Å²) in [5.41, 5.74) is 4.94. The zero-order valence-electron chi connectivity index (χ0n) is 20.3. The van der Waals surface area contributed by atoms with Gasteiger partial charge in [0, 0.05) is 24.8 Å². The minimum atomic E-state index is -0.815. The fourth-order valence-electron chi connectivity index (χ4n) is 4.26. The Bertz CT molecular complexity index is 1350. The second kappa shape index (κ2) is 10.4. The minimum Gasteiger partial charge on any atom is -0.479 e. The van der Waals surface area contributed by atoms with Crippen LogP contribution in [0, 0.1) is 13.8 Å². The first kappa shape index (κ1) is 23.9. The number of aromatic nitrogens is 3. The Balaban J connectivity index is 1.52. The van der Waals surface area contributed by atoms with E-state index in [9.17, 15) is 9.59 Å². The summed E-state index contributed by atoms with van der Waals surface area (Å²) in [5.74, 6) is -0.00895. The van der Waals surface area contributed by atoms with Crippen molar-refractivity contribution in [3.8, 4) is 5.88 Å². The minimum absolute atomic E-state index is 0.208. The molecular weight excluding hydrogens is 442 g/mol. The van der Waals surface area contributed by atoms with E-state index in [4.69, 9.17) is 9.72 Å². The molecule has 8 nitrogen and oxygen atoms in total. The summed E-state index contributed by atoms with van der Waals surface area (Å²) in [5, 5.41) is 11.0. The van der Waals surface area contributed by atoms with E-state index in [1.807, 2.05) is 81.6 Å². The van der Waals surface area contributed by atoms with Crippen molar-refractivity contribution < 1.29 is 14.3 Å². The number of methoxy groups -OCH3 is 1. The number of amides is 2. The first-order valence-electron chi connectivity index (χ1n) is 11.5. The summed E-state index contributed by atoms with van der Waals surface area (Å²) in [6.07, 6.45) is 0.686. The molecule has 2 heterocycles. The van der Waals surface area contributed by atoms with Crippen LogP contribution in [0.15, 0.2) is 60.7 Å². The highest BCUT2D eigenvalue weighted by Crippen LogP contribution is 2.30. The second-order valence-electron chi connectivity index (χ2n) is 8.40. The van der Waals surface area contributed by atoms with Crippen LogP contribution in [0.2, 0.25) is 0 Å². The number of ether oxygens (including phenoxy) is 1. The molecular formula is C27H29N5O3. The number of hydrogen-bond acceptors (Lipinski definition) is 5. The van der Waals surface area contributed by atoms with Gasteiger partial charge >= 0.3 is 0 Å². The average molecular weight is 472 g/mol. The second-order valence-corrected chi connectivity index (χ2v) is 8.40. The predicted octanol–water partition coefficient (Wildman–Crippen LogP) is 4.02. The number of nitrogens with zero attached hydrogens (tertiary/aromatic N) is 3. The Morgan fingerprint density at radius 3 is 2.34 bits per heavy atom. The fraction of sp³-hybridized carbons (Fsp3) is 0.259. The van der Waals surface area contributed by atoms with Crippen molar-refractivity contribution in [3.63, 3.8) is 0 Å². The molecule has 1 unspecified atom stereocenters. The highest BCUT2D eigenvalue weighted by molar-refractivity contribution is 5.98. The van der Waals surface area contributed by atoms with Crippen LogP contribution in [0.1, 0.15) is 34.8 Å². The molecule has 2 amide bonds. The Hall–Kier alpha value is -4.20. The van der Waals surface area contributed by atoms with Gasteiger partial charge in [-0.1, -0.05) is 48.5 Å². The number of carbonyl (C=O) groups excluding carboxylic acids is 2. The van der Waals surface area contributed by atoms with Crippen molar-refractivity contribution in [2.45, 2.75) is 32.7 Å². The number of benzene rings is 2. The van der Waals surface area contributed by atoms with Crippen molar-refractivity contribution >= 4 is 28.5 Å². The van der Waals surface area contributed by atoms with E-state index >= 15 is 0 Å². The van der Waals surface area contributed by atoms with Crippen molar-refractivity contribution in [2.24, 2.45) is 7.05 Å². The summed E-state index contributed by atoms with van der Waals surface area (Å²) >= 11 is 0. The molecule has 0 aliphatic carbocycles. The van der Waals surface area contributed by atoms with E-state index < -0.39 is 6.04 Å². The van der Waals surface area contributed by atoms with Gasteiger partial charge in [0.05, 0.1) is 12.5 Å². The van der Waals surface area contributed by atoms with Gasteiger partial charge in [0.1, 0.15) is 6.04 Å². The summed E-state index contributed by atoms with van der Waals surface area (Å²) < 4.78 is 7.13. The van der Waals surface area contributed by atoms with Crippen molar-refractivity contribution in [1.29, 1.82) is 0 Å². The molecule has 2 aromatic heterocycles. The molecule has 0 spiro atoms. The number of hydrogen-bond donors (Lipinski definition) is 2. The molecule has 0 bridgehead atoms. The molecule has 180 valence electrons. The van der Waals surface area contributed by atoms with Gasteiger partial charge in [-0.15, -0.1) is 5.10 Å². The van der Waals surface area contributed by atoms with Crippen LogP contribution in [-0.2, 0) is 23.1 Å². The lowest BCUT2D eigenvalue weighted by Gasteiger charge is -2.19. The molecule has 4 rings (SSSR count). The van der Waals surface area contributed by atoms with Gasteiger partial charge in [-0.3, -0.25) is 9.59 Å². The largest absolute Gasteiger partial charge is 0.479 e. The van der Waals surface area contributed by atoms with E-state index in [1.54, 1.807) is 11.8 Å². The molecule has 0 aliphatic heterocycles. The third-order valence-corrected chi connectivity index (χ3v) is 6.06. The summed E-state index contributed by atoms with van der Waals surface area (Å²) in [6, 6.07) is 17.6. The number of nitrogens with one attached hydrogen (secondary N) is 2. The molecule has 0 aliphatic rings. The van der Waals surface area contributed by atoms with Crippen LogP contribution in [-0.4, -0.2) is 33.7 Å². The summed E-state index contributed by atoms with van der Waals surface area (Å²) in [4.78, 5) is 30.8. The maximum atomic E-state index is 13.1. The number of fused-ring (bicyclic) bond motifs is 1. The van der Waals surface area contributed by atoms with E-state index in [0.717, 1.165) is 27.9 Å². The van der Waals surface area contributed by atoms with Gasteiger partial charge < -0.3 is 15.4 Å². The molecule has 0 saturated heterocycles. The Morgan fingerprint density at radius 1 is 1.03 bits per heavy atom. The Kier molecular flexibility index (Phi) is 7.10. The summed E-state index contributed by atoms with van der Waals surface area (Å²) in [6.45, 7) is 3.92. The Labute approximate surface area is 204 Å². The predicted molar refractivity (Wildman–Crippen MR) is 135 cm³/mol. The monoisotopic (exact) mass is 471 g/mol. The van der Waals surface area contributed by atoms with Crippen LogP contribution in [0.25, 0.3) is 11.0 Å². The molecule has 0 saturated carbocycles. The first-order chi connectivity index (χ1) is 16.9. The number of para-hydroxylation sites is 1. The third kappa shape index (κ3) is 5.16. The van der Waals surface area contributed by atoms with E-state index in [-0.39, 0.29) is 18.2 Å². The number of rotatable bonds is 8. The lowest BCUT2D eigenvalue weighted by Crippen LogP contribution is -2.37. The number of anilines is 1. The van der Waals surface area contributed by atoms with Crippen LogP contribution < -0.4 is 15.4 Å². The van der Waals surface area contributed by atoms with E-state index in [2.05, 4.69) is 15.7 Å². The topological polar surface area (TPSA) is 98.1 Å². The molecule has 4 aromatic rings.